The molecule has 0 aromatic carbocycles. The van der Waals surface area contributed by atoms with E-state index in [-0.39, 0.29) is 5.79 Å². The number of piperidine rings is 1. The van der Waals surface area contributed by atoms with Crippen LogP contribution in [0.25, 0.3) is 0 Å². The lowest BCUT2D eigenvalue weighted by Gasteiger charge is -2.48. The van der Waals surface area contributed by atoms with Crippen LogP contribution in [0, 0.1) is 11.8 Å². The zero-order valence-corrected chi connectivity index (χ0v) is 18.9. The quantitative estimate of drug-likeness (QED) is 0.678. The number of ether oxygens (including phenoxy) is 2. The lowest BCUT2D eigenvalue weighted by atomic mass is 9.80. The van der Waals surface area contributed by atoms with Gasteiger partial charge in [-0.15, -0.1) is 0 Å². The summed E-state index contributed by atoms with van der Waals surface area (Å²) in [5, 5.41) is 0. The number of hydrogen-bond acceptors (Lipinski definition) is 5. The Morgan fingerprint density at radius 2 is 1.90 bits per heavy atom. The fraction of sp³-hybridized carbons (Fsp3) is 0.720. The van der Waals surface area contributed by atoms with E-state index in [4.69, 9.17) is 14.3 Å². The normalized spacial score (nSPS) is 30.6. The van der Waals surface area contributed by atoms with Gasteiger partial charge in [-0.25, -0.2) is 0 Å². The smallest absolute Gasteiger partial charge is 0.213 e. The summed E-state index contributed by atoms with van der Waals surface area (Å²) in [6, 6.07) is 0.840. The van der Waals surface area contributed by atoms with Gasteiger partial charge >= 0.3 is 0 Å². The van der Waals surface area contributed by atoms with Gasteiger partial charge in [0.05, 0.1) is 6.61 Å². The maximum absolute atomic E-state index is 8.00. The Kier molecular flexibility index (Phi) is 8.32. The molecule has 5 rings (SSSR count). The molecule has 3 aliphatic carbocycles. The summed E-state index contributed by atoms with van der Waals surface area (Å²) in [6.07, 6.45) is 18.3. The molecule has 2 fully saturated rings. The van der Waals surface area contributed by atoms with Gasteiger partial charge in [-0.3, -0.25) is 4.90 Å². The van der Waals surface area contributed by atoms with Gasteiger partial charge in [0.15, 0.2) is 0 Å². The first-order chi connectivity index (χ1) is 14.7. The van der Waals surface area contributed by atoms with E-state index in [9.17, 15) is 0 Å². The van der Waals surface area contributed by atoms with Crippen molar-refractivity contribution in [3.63, 3.8) is 0 Å². The van der Waals surface area contributed by atoms with Gasteiger partial charge in [-0.1, -0.05) is 31.1 Å². The molecule has 0 bridgehead atoms. The molecule has 5 aliphatic rings. The van der Waals surface area contributed by atoms with Crippen molar-refractivity contribution in [2.75, 3.05) is 26.7 Å². The predicted octanol–water partition coefficient (Wildman–Crippen LogP) is 4.34. The number of hydrogen-bond donors (Lipinski definition) is 1. The Balaban J connectivity index is 0.000000606. The van der Waals surface area contributed by atoms with Crippen LogP contribution in [0.3, 0.4) is 0 Å². The molecule has 1 saturated heterocycles. The maximum atomic E-state index is 8.00. The maximum Gasteiger partial charge on any atom is 0.213 e. The number of rotatable bonds is 2. The summed E-state index contributed by atoms with van der Waals surface area (Å²) in [6.45, 7) is 7.39. The van der Waals surface area contributed by atoms with Gasteiger partial charge in [-0.05, 0) is 63.1 Å². The van der Waals surface area contributed by atoms with Crippen molar-refractivity contribution in [2.45, 2.75) is 76.5 Å². The SMILES string of the molecule is C=O.CC1CC=C(C2C=CC3=C(COC4(CCN(C5CCC5)CC4)O3)C2)CC1.CN. The van der Waals surface area contributed by atoms with E-state index in [1.165, 1.54) is 51.1 Å². The third kappa shape index (κ3) is 5.06. The summed E-state index contributed by atoms with van der Waals surface area (Å²) in [5.41, 5.74) is 7.52. The summed E-state index contributed by atoms with van der Waals surface area (Å²) in [4.78, 5) is 10.7. The highest BCUT2D eigenvalue weighted by Gasteiger charge is 2.43. The standard InChI is InChI=1S/C23H33NO2.CH5N.CH2O/c1-17-5-7-18(8-6-17)19-9-10-22-20(15-19)16-25-23(26-22)11-13-24(14-12-23)21-3-2-4-21;2*1-2/h7,9-10,17,19,21H,2-6,8,11-16H2,1H3;2H2,1H3;1H2. The Labute approximate surface area is 182 Å². The van der Waals surface area contributed by atoms with Crippen LogP contribution in [0.1, 0.15) is 64.7 Å². The minimum absolute atomic E-state index is 0.351. The first-order valence-electron chi connectivity index (χ1n) is 11.7. The van der Waals surface area contributed by atoms with Crippen molar-refractivity contribution in [1.29, 1.82) is 0 Å². The van der Waals surface area contributed by atoms with E-state index in [0.29, 0.717) is 5.92 Å². The summed E-state index contributed by atoms with van der Waals surface area (Å²) >= 11 is 0. The van der Waals surface area contributed by atoms with Crippen molar-refractivity contribution < 1.29 is 14.3 Å². The van der Waals surface area contributed by atoms with Crippen LogP contribution >= 0.6 is 0 Å². The van der Waals surface area contributed by atoms with Gasteiger partial charge in [0.25, 0.3) is 0 Å². The van der Waals surface area contributed by atoms with E-state index in [2.05, 4.69) is 35.8 Å². The molecule has 1 spiro atoms. The molecule has 2 aliphatic heterocycles. The minimum Gasteiger partial charge on any atom is -0.462 e. The Bertz CT molecular complexity index is 657. The van der Waals surface area contributed by atoms with Crippen LogP contribution in [0.4, 0.5) is 0 Å². The van der Waals surface area contributed by atoms with Crippen LogP contribution in [0.2, 0.25) is 0 Å². The molecule has 2 unspecified atom stereocenters. The molecule has 2 heterocycles. The third-order valence-corrected chi connectivity index (χ3v) is 7.44. The Morgan fingerprint density at radius 3 is 2.50 bits per heavy atom. The first kappa shape index (κ1) is 23.2. The topological polar surface area (TPSA) is 64.8 Å². The molecule has 0 aromatic heterocycles. The molecule has 1 saturated carbocycles. The van der Waals surface area contributed by atoms with Crippen molar-refractivity contribution in [1.82, 2.24) is 4.90 Å². The summed E-state index contributed by atoms with van der Waals surface area (Å²) in [7, 11) is 1.50. The van der Waals surface area contributed by atoms with Gasteiger partial charge in [0.2, 0.25) is 5.79 Å². The highest BCUT2D eigenvalue weighted by Crippen LogP contribution is 2.42. The van der Waals surface area contributed by atoms with Crippen LogP contribution in [-0.2, 0) is 14.3 Å². The van der Waals surface area contributed by atoms with Crippen LogP contribution in [0.5, 0.6) is 0 Å². The van der Waals surface area contributed by atoms with E-state index in [0.717, 1.165) is 56.7 Å². The monoisotopic (exact) mass is 416 g/mol. The van der Waals surface area contributed by atoms with Crippen molar-refractivity contribution in [3.05, 3.63) is 35.1 Å². The first-order valence-corrected chi connectivity index (χ1v) is 11.7. The zero-order chi connectivity index (χ0) is 21.6. The molecule has 30 heavy (non-hydrogen) atoms. The van der Waals surface area contributed by atoms with E-state index in [1.54, 1.807) is 5.57 Å². The lowest BCUT2D eigenvalue weighted by molar-refractivity contribution is -0.247. The highest BCUT2D eigenvalue weighted by atomic mass is 16.7. The molecule has 0 radical (unpaired) electrons. The molecular weight excluding hydrogens is 376 g/mol. The average molecular weight is 417 g/mol. The van der Waals surface area contributed by atoms with Crippen molar-refractivity contribution in [2.24, 2.45) is 17.6 Å². The number of nitrogens with two attached hydrogens (primary N) is 1. The van der Waals surface area contributed by atoms with Crippen LogP contribution in [-0.4, -0.2) is 50.3 Å². The molecule has 2 atom stereocenters. The van der Waals surface area contributed by atoms with Gasteiger partial charge < -0.3 is 20.0 Å². The van der Waals surface area contributed by atoms with E-state index < -0.39 is 0 Å². The Morgan fingerprint density at radius 1 is 1.17 bits per heavy atom. The zero-order valence-electron chi connectivity index (χ0n) is 18.9. The molecule has 0 aromatic rings. The van der Waals surface area contributed by atoms with E-state index in [1.807, 2.05) is 6.79 Å². The minimum atomic E-state index is -0.351. The average Bonchev–Trinajstić information content (AvgIpc) is 2.77. The fourth-order valence-electron chi connectivity index (χ4n) is 5.25. The highest BCUT2D eigenvalue weighted by molar-refractivity contribution is 5.33. The lowest BCUT2D eigenvalue weighted by Crippen LogP contribution is -2.53. The van der Waals surface area contributed by atoms with Crippen molar-refractivity contribution in [3.8, 4) is 0 Å². The fourth-order valence-corrected chi connectivity index (χ4v) is 5.25. The van der Waals surface area contributed by atoms with E-state index >= 15 is 0 Å². The molecule has 0 amide bonds. The number of allylic oxidation sites excluding steroid dienone is 4. The third-order valence-electron chi connectivity index (χ3n) is 7.44. The molecule has 2 N–H and O–H groups in total. The number of nitrogens with zero attached hydrogens (tertiary/aromatic N) is 1. The summed E-state index contributed by atoms with van der Waals surface area (Å²) in [5.74, 6) is 2.20. The van der Waals surface area contributed by atoms with Crippen LogP contribution in [0.15, 0.2) is 35.1 Å². The second kappa shape index (κ2) is 10.7. The number of likely N-dealkylation sites (tertiary alicyclic amines) is 1. The molecule has 168 valence electrons. The molecule has 5 heteroatoms. The van der Waals surface area contributed by atoms with Crippen molar-refractivity contribution >= 4 is 6.79 Å². The Hall–Kier alpha value is -1.43. The summed E-state index contributed by atoms with van der Waals surface area (Å²) < 4.78 is 12.8. The molecular formula is C25H40N2O3. The largest absolute Gasteiger partial charge is 0.462 e. The van der Waals surface area contributed by atoms with Crippen LogP contribution < -0.4 is 5.73 Å². The number of carbonyl (C=O) groups excluding carboxylic acids is 1. The van der Waals surface area contributed by atoms with Gasteiger partial charge in [0.1, 0.15) is 12.5 Å². The van der Waals surface area contributed by atoms with Gasteiger partial charge in [0, 0.05) is 37.9 Å². The molecule has 5 nitrogen and oxygen atoms in total. The second-order valence-electron chi connectivity index (χ2n) is 9.22. The number of carbonyl (C=O) groups is 1. The van der Waals surface area contributed by atoms with Gasteiger partial charge in [-0.2, -0.15) is 0 Å². The predicted molar refractivity (Wildman–Crippen MR) is 121 cm³/mol. The second-order valence-corrected chi connectivity index (χ2v) is 9.22.